The van der Waals surface area contributed by atoms with Crippen LogP contribution in [0, 0.1) is 0 Å². The second-order valence-electron chi connectivity index (χ2n) is 5.23. The lowest BCUT2D eigenvalue weighted by atomic mass is 10.3. The Kier molecular flexibility index (Phi) is 5.58. The number of fused-ring (bicyclic) bond motifs is 1. The largest absolute Gasteiger partial charge is 0.494 e. The van der Waals surface area contributed by atoms with Gasteiger partial charge in [0, 0.05) is 18.1 Å². The minimum atomic E-state index is -0.345. The fourth-order valence-corrected chi connectivity index (χ4v) is 2.00. The Morgan fingerprint density at radius 1 is 1.36 bits per heavy atom. The molecule has 118 valence electrons. The number of H-pyrrole nitrogens is 1. The van der Waals surface area contributed by atoms with E-state index in [4.69, 9.17) is 9.47 Å². The van der Waals surface area contributed by atoms with Crippen LogP contribution in [0.4, 0.5) is 0 Å². The molecule has 5 nitrogen and oxygen atoms in total. The number of esters is 1. The summed E-state index contributed by atoms with van der Waals surface area (Å²) in [6.07, 6.45) is 2.43. The van der Waals surface area contributed by atoms with Crippen molar-refractivity contribution < 1.29 is 14.3 Å². The highest BCUT2D eigenvalue weighted by atomic mass is 16.5. The van der Waals surface area contributed by atoms with Gasteiger partial charge < -0.3 is 14.5 Å². The lowest BCUT2D eigenvalue weighted by Gasteiger charge is -2.03. The lowest BCUT2D eigenvalue weighted by molar-refractivity contribution is -0.139. The van der Waals surface area contributed by atoms with Gasteiger partial charge in [-0.2, -0.15) is 0 Å². The van der Waals surface area contributed by atoms with Gasteiger partial charge in [0.05, 0.1) is 24.2 Å². The number of aryl methyl sites for hydroxylation is 1. The van der Waals surface area contributed by atoms with E-state index in [0.717, 1.165) is 41.9 Å². The van der Waals surface area contributed by atoms with Gasteiger partial charge in [-0.1, -0.05) is 13.5 Å². The molecular formula is C17H22N2O3. The van der Waals surface area contributed by atoms with E-state index in [0.29, 0.717) is 18.8 Å². The molecule has 0 unspecified atom stereocenters. The minimum absolute atomic E-state index is 0.345. The van der Waals surface area contributed by atoms with E-state index < -0.39 is 0 Å². The highest BCUT2D eigenvalue weighted by Gasteiger charge is 2.06. The molecule has 0 saturated heterocycles. The summed E-state index contributed by atoms with van der Waals surface area (Å²) in [6.45, 7) is 8.34. The molecule has 1 N–H and O–H groups in total. The van der Waals surface area contributed by atoms with Crippen molar-refractivity contribution in [3.05, 3.63) is 36.2 Å². The maximum Gasteiger partial charge on any atom is 0.333 e. The van der Waals surface area contributed by atoms with Gasteiger partial charge in [-0.25, -0.2) is 9.78 Å². The van der Waals surface area contributed by atoms with E-state index >= 15 is 0 Å². The standard InChI is InChI=1S/C17H22N2O3/c1-4-9-21-13-7-8-14-15(11-13)19-16(18-14)6-5-10-22-17(20)12(2)3/h7-8,11H,2,4-6,9-10H2,1,3H3,(H,18,19). The van der Waals surface area contributed by atoms with E-state index in [1.54, 1.807) is 6.92 Å². The van der Waals surface area contributed by atoms with Crippen molar-refractivity contribution in [2.45, 2.75) is 33.1 Å². The van der Waals surface area contributed by atoms with Gasteiger partial charge in [0.15, 0.2) is 0 Å². The Balaban J connectivity index is 1.89. The Bertz CT molecular complexity index is 661. The van der Waals surface area contributed by atoms with Crippen LogP contribution in [0.2, 0.25) is 0 Å². The molecule has 0 bridgehead atoms. The second kappa shape index (κ2) is 7.64. The average molecular weight is 302 g/mol. The number of imidazole rings is 1. The highest BCUT2D eigenvalue weighted by Crippen LogP contribution is 2.19. The number of carbonyl (C=O) groups is 1. The van der Waals surface area contributed by atoms with Crippen molar-refractivity contribution in [2.75, 3.05) is 13.2 Å². The van der Waals surface area contributed by atoms with Gasteiger partial charge in [-0.05, 0) is 31.9 Å². The predicted octanol–water partition coefficient (Wildman–Crippen LogP) is 3.40. The van der Waals surface area contributed by atoms with Gasteiger partial charge in [0.1, 0.15) is 11.6 Å². The van der Waals surface area contributed by atoms with Crippen LogP contribution in [-0.4, -0.2) is 29.2 Å². The molecule has 5 heteroatoms. The Morgan fingerprint density at radius 3 is 2.91 bits per heavy atom. The number of aromatic amines is 1. The van der Waals surface area contributed by atoms with Gasteiger partial charge in [-0.3, -0.25) is 0 Å². The van der Waals surface area contributed by atoms with Crippen LogP contribution in [0.25, 0.3) is 11.0 Å². The molecule has 2 aromatic rings. The Morgan fingerprint density at radius 2 is 2.18 bits per heavy atom. The molecular weight excluding hydrogens is 280 g/mol. The number of aromatic nitrogens is 2. The van der Waals surface area contributed by atoms with Crippen LogP contribution < -0.4 is 4.74 Å². The monoisotopic (exact) mass is 302 g/mol. The first-order valence-electron chi connectivity index (χ1n) is 7.54. The lowest BCUT2D eigenvalue weighted by Crippen LogP contribution is -2.07. The smallest absolute Gasteiger partial charge is 0.333 e. The Hall–Kier alpha value is -2.30. The van der Waals surface area contributed by atoms with Crippen LogP contribution >= 0.6 is 0 Å². The molecule has 0 fully saturated rings. The van der Waals surface area contributed by atoms with E-state index in [-0.39, 0.29) is 5.97 Å². The summed E-state index contributed by atoms with van der Waals surface area (Å²) < 4.78 is 10.7. The minimum Gasteiger partial charge on any atom is -0.494 e. The van der Waals surface area contributed by atoms with Crippen molar-refractivity contribution in [1.82, 2.24) is 9.97 Å². The summed E-state index contributed by atoms with van der Waals surface area (Å²) in [5.74, 6) is 1.39. The van der Waals surface area contributed by atoms with E-state index in [1.807, 2.05) is 18.2 Å². The topological polar surface area (TPSA) is 64.2 Å². The fourth-order valence-electron chi connectivity index (χ4n) is 2.00. The fraction of sp³-hybridized carbons (Fsp3) is 0.412. The molecule has 0 amide bonds. The van der Waals surface area contributed by atoms with Gasteiger partial charge in [0.2, 0.25) is 0 Å². The van der Waals surface area contributed by atoms with Crippen LogP contribution in [0.15, 0.2) is 30.4 Å². The molecule has 1 aromatic heterocycles. The molecule has 0 aliphatic heterocycles. The van der Waals surface area contributed by atoms with Crippen molar-refractivity contribution in [3.8, 4) is 5.75 Å². The maximum atomic E-state index is 11.3. The average Bonchev–Trinajstić information content (AvgIpc) is 2.91. The molecule has 1 heterocycles. The van der Waals surface area contributed by atoms with Gasteiger partial charge in [0.25, 0.3) is 0 Å². The summed E-state index contributed by atoms with van der Waals surface area (Å²) in [5.41, 5.74) is 2.30. The number of rotatable bonds is 8. The summed E-state index contributed by atoms with van der Waals surface area (Å²) in [5, 5.41) is 0. The number of hydrogen-bond donors (Lipinski definition) is 1. The molecule has 0 atom stereocenters. The number of hydrogen-bond acceptors (Lipinski definition) is 4. The van der Waals surface area contributed by atoms with Crippen LogP contribution in [0.3, 0.4) is 0 Å². The first-order chi connectivity index (χ1) is 10.6. The summed E-state index contributed by atoms with van der Waals surface area (Å²) in [7, 11) is 0. The second-order valence-corrected chi connectivity index (χ2v) is 5.23. The van der Waals surface area contributed by atoms with Crippen LogP contribution in [0.1, 0.15) is 32.5 Å². The normalized spacial score (nSPS) is 10.6. The van der Waals surface area contributed by atoms with Crippen LogP contribution in [-0.2, 0) is 16.0 Å². The molecule has 22 heavy (non-hydrogen) atoms. The number of ether oxygens (including phenoxy) is 2. The van der Waals surface area contributed by atoms with Gasteiger partial charge in [-0.15, -0.1) is 0 Å². The third-order valence-electron chi connectivity index (χ3n) is 3.11. The van der Waals surface area contributed by atoms with Crippen molar-refractivity contribution >= 4 is 17.0 Å². The maximum absolute atomic E-state index is 11.3. The third-order valence-corrected chi connectivity index (χ3v) is 3.11. The zero-order chi connectivity index (χ0) is 15.9. The van der Waals surface area contributed by atoms with Crippen molar-refractivity contribution in [1.29, 1.82) is 0 Å². The summed E-state index contributed by atoms with van der Waals surface area (Å²) >= 11 is 0. The molecule has 1 aromatic carbocycles. The molecule has 0 saturated carbocycles. The molecule has 0 aliphatic carbocycles. The van der Waals surface area contributed by atoms with Crippen molar-refractivity contribution in [2.24, 2.45) is 0 Å². The van der Waals surface area contributed by atoms with E-state index in [1.165, 1.54) is 0 Å². The predicted molar refractivity (Wildman–Crippen MR) is 86.0 cm³/mol. The van der Waals surface area contributed by atoms with E-state index in [9.17, 15) is 4.79 Å². The molecule has 0 spiro atoms. The zero-order valence-electron chi connectivity index (χ0n) is 13.1. The summed E-state index contributed by atoms with van der Waals surface area (Å²) in [4.78, 5) is 19.1. The number of nitrogens with one attached hydrogen (secondary N) is 1. The summed E-state index contributed by atoms with van der Waals surface area (Å²) in [6, 6.07) is 5.83. The number of benzene rings is 1. The molecule has 0 aliphatic rings. The van der Waals surface area contributed by atoms with Gasteiger partial charge >= 0.3 is 5.97 Å². The van der Waals surface area contributed by atoms with E-state index in [2.05, 4.69) is 23.5 Å². The highest BCUT2D eigenvalue weighted by molar-refractivity contribution is 5.86. The number of nitrogens with zero attached hydrogens (tertiary/aromatic N) is 1. The van der Waals surface area contributed by atoms with Crippen LogP contribution in [0.5, 0.6) is 5.75 Å². The quantitative estimate of drug-likeness (QED) is 0.461. The molecule has 2 rings (SSSR count). The Labute approximate surface area is 130 Å². The number of carbonyl (C=O) groups excluding carboxylic acids is 1. The first-order valence-corrected chi connectivity index (χ1v) is 7.54. The SMILES string of the molecule is C=C(C)C(=O)OCCCc1nc2ccc(OCCC)cc2[nH]1. The first kappa shape index (κ1) is 16.1. The third kappa shape index (κ3) is 4.35. The zero-order valence-corrected chi connectivity index (χ0v) is 13.1. The molecule has 0 radical (unpaired) electrons. The van der Waals surface area contributed by atoms with Crippen molar-refractivity contribution in [3.63, 3.8) is 0 Å².